The van der Waals surface area contributed by atoms with Gasteiger partial charge >= 0.3 is 0 Å². The summed E-state index contributed by atoms with van der Waals surface area (Å²) in [6, 6.07) is 0.495. The highest BCUT2D eigenvalue weighted by Gasteiger charge is 2.54. The van der Waals surface area contributed by atoms with Gasteiger partial charge in [-0.1, -0.05) is 33.1 Å². The molecule has 0 aromatic carbocycles. The standard InChI is InChI=1S/C15H26N2O/c1-3-13-16-15(9-4-5-10-15)14(18)17(13)12-8-6-7-11(12)2/h11-13,16H,3-10H2,1-2H3. The Labute approximate surface area is 110 Å². The van der Waals surface area contributed by atoms with Crippen LogP contribution in [-0.2, 0) is 4.79 Å². The number of carbonyl (C=O) groups is 1. The molecule has 1 heterocycles. The summed E-state index contributed by atoms with van der Waals surface area (Å²) in [5.41, 5.74) is -0.178. The molecule has 0 bridgehead atoms. The molecular weight excluding hydrogens is 224 g/mol. The molecule has 3 heteroatoms. The first-order valence-corrected chi connectivity index (χ1v) is 7.78. The lowest BCUT2D eigenvalue weighted by atomic mass is 9.96. The van der Waals surface area contributed by atoms with Crippen molar-refractivity contribution >= 4 is 5.91 Å². The maximum Gasteiger partial charge on any atom is 0.244 e. The molecule has 3 aliphatic rings. The topological polar surface area (TPSA) is 32.3 Å². The van der Waals surface area contributed by atoms with Gasteiger partial charge in [-0.15, -0.1) is 0 Å². The number of rotatable bonds is 2. The van der Waals surface area contributed by atoms with Crippen LogP contribution in [0.4, 0.5) is 0 Å². The Hall–Kier alpha value is -0.570. The first-order valence-electron chi connectivity index (χ1n) is 7.78. The molecule has 102 valence electrons. The molecule has 3 nitrogen and oxygen atoms in total. The Bertz CT molecular complexity index is 335. The van der Waals surface area contributed by atoms with E-state index in [1.54, 1.807) is 0 Å². The summed E-state index contributed by atoms with van der Waals surface area (Å²) >= 11 is 0. The second kappa shape index (κ2) is 4.52. The van der Waals surface area contributed by atoms with E-state index in [4.69, 9.17) is 0 Å². The molecule has 3 rings (SSSR count). The quantitative estimate of drug-likeness (QED) is 0.817. The van der Waals surface area contributed by atoms with Gasteiger partial charge in [0, 0.05) is 6.04 Å². The zero-order valence-electron chi connectivity index (χ0n) is 11.7. The lowest BCUT2D eigenvalue weighted by Crippen LogP contribution is -2.46. The molecule has 0 aromatic rings. The van der Waals surface area contributed by atoms with Gasteiger partial charge in [0.15, 0.2) is 0 Å². The van der Waals surface area contributed by atoms with E-state index >= 15 is 0 Å². The average Bonchev–Trinajstić information content (AvgIpc) is 3.04. The highest BCUT2D eigenvalue weighted by Crippen LogP contribution is 2.41. The van der Waals surface area contributed by atoms with Gasteiger partial charge in [0.05, 0.1) is 11.7 Å². The molecule has 0 radical (unpaired) electrons. The van der Waals surface area contributed by atoms with Crippen molar-refractivity contribution in [2.75, 3.05) is 0 Å². The number of amides is 1. The second-order valence-electron chi connectivity index (χ2n) is 6.55. The predicted octanol–water partition coefficient (Wildman–Crippen LogP) is 2.66. The normalized spacial score (nSPS) is 39.1. The van der Waals surface area contributed by atoms with Crippen LogP contribution in [0.25, 0.3) is 0 Å². The minimum absolute atomic E-state index is 0.178. The maximum absolute atomic E-state index is 12.9. The first-order chi connectivity index (χ1) is 8.68. The summed E-state index contributed by atoms with van der Waals surface area (Å²) in [5.74, 6) is 1.10. The Morgan fingerprint density at radius 1 is 1.28 bits per heavy atom. The van der Waals surface area contributed by atoms with Crippen molar-refractivity contribution in [2.24, 2.45) is 5.92 Å². The highest BCUT2D eigenvalue weighted by atomic mass is 16.2. The van der Waals surface area contributed by atoms with E-state index in [-0.39, 0.29) is 5.54 Å². The van der Waals surface area contributed by atoms with E-state index in [1.807, 2.05) is 0 Å². The summed E-state index contributed by atoms with van der Waals surface area (Å²) < 4.78 is 0. The third-order valence-corrected chi connectivity index (χ3v) is 5.44. The molecule has 1 amide bonds. The lowest BCUT2D eigenvalue weighted by Gasteiger charge is -2.32. The summed E-state index contributed by atoms with van der Waals surface area (Å²) in [7, 11) is 0. The van der Waals surface area contributed by atoms with Crippen LogP contribution in [0.2, 0.25) is 0 Å². The van der Waals surface area contributed by atoms with Crippen LogP contribution in [0.3, 0.4) is 0 Å². The highest BCUT2D eigenvalue weighted by molar-refractivity contribution is 5.89. The number of hydrogen-bond donors (Lipinski definition) is 1. The molecule has 3 atom stereocenters. The van der Waals surface area contributed by atoms with Crippen LogP contribution in [0.1, 0.15) is 65.2 Å². The third-order valence-electron chi connectivity index (χ3n) is 5.44. The van der Waals surface area contributed by atoms with E-state index < -0.39 is 0 Å². The lowest BCUT2D eigenvalue weighted by molar-refractivity contribution is -0.136. The van der Waals surface area contributed by atoms with Gasteiger partial charge in [-0.25, -0.2) is 0 Å². The molecule has 1 spiro atoms. The Morgan fingerprint density at radius 2 is 2.00 bits per heavy atom. The van der Waals surface area contributed by atoms with Crippen molar-refractivity contribution in [3.05, 3.63) is 0 Å². The number of nitrogens with zero attached hydrogens (tertiary/aromatic N) is 1. The number of carbonyl (C=O) groups excluding carboxylic acids is 1. The van der Waals surface area contributed by atoms with Crippen LogP contribution in [0.15, 0.2) is 0 Å². The van der Waals surface area contributed by atoms with Gasteiger partial charge in [-0.2, -0.15) is 0 Å². The van der Waals surface area contributed by atoms with Crippen molar-refractivity contribution in [1.82, 2.24) is 10.2 Å². The summed E-state index contributed by atoms with van der Waals surface area (Å²) in [5, 5.41) is 3.69. The van der Waals surface area contributed by atoms with Crippen molar-refractivity contribution in [3.63, 3.8) is 0 Å². The summed E-state index contributed by atoms with van der Waals surface area (Å²) in [6.07, 6.45) is 9.65. The van der Waals surface area contributed by atoms with Crippen molar-refractivity contribution in [2.45, 2.75) is 83.0 Å². The van der Waals surface area contributed by atoms with E-state index in [9.17, 15) is 4.79 Å². The minimum atomic E-state index is -0.178. The Morgan fingerprint density at radius 3 is 2.56 bits per heavy atom. The molecule has 0 aromatic heterocycles. The Balaban J connectivity index is 1.85. The summed E-state index contributed by atoms with van der Waals surface area (Å²) in [4.78, 5) is 15.1. The van der Waals surface area contributed by atoms with E-state index in [1.165, 1.54) is 32.1 Å². The van der Waals surface area contributed by atoms with Crippen LogP contribution in [0.5, 0.6) is 0 Å². The molecule has 1 N–H and O–H groups in total. The van der Waals surface area contributed by atoms with Crippen molar-refractivity contribution in [1.29, 1.82) is 0 Å². The van der Waals surface area contributed by atoms with E-state index in [2.05, 4.69) is 24.1 Å². The van der Waals surface area contributed by atoms with Crippen LogP contribution in [-0.4, -0.2) is 28.6 Å². The fourth-order valence-electron chi connectivity index (χ4n) is 4.40. The molecule has 3 unspecified atom stereocenters. The van der Waals surface area contributed by atoms with Gasteiger partial charge in [-0.05, 0) is 38.0 Å². The molecule has 2 saturated carbocycles. The largest absolute Gasteiger partial charge is 0.322 e. The first kappa shape index (κ1) is 12.5. The fourth-order valence-corrected chi connectivity index (χ4v) is 4.40. The molecular formula is C15H26N2O. The van der Waals surface area contributed by atoms with Crippen LogP contribution < -0.4 is 5.32 Å². The van der Waals surface area contributed by atoms with E-state index in [0.717, 1.165) is 19.3 Å². The fraction of sp³-hybridized carbons (Fsp3) is 0.933. The average molecular weight is 250 g/mol. The van der Waals surface area contributed by atoms with Gasteiger partial charge in [0.25, 0.3) is 0 Å². The molecule has 1 aliphatic heterocycles. The molecule has 2 aliphatic carbocycles. The minimum Gasteiger partial charge on any atom is -0.322 e. The van der Waals surface area contributed by atoms with Crippen molar-refractivity contribution < 1.29 is 4.79 Å². The van der Waals surface area contributed by atoms with Crippen molar-refractivity contribution in [3.8, 4) is 0 Å². The SMILES string of the molecule is CCC1NC2(CCCC2)C(=O)N1C1CCCC1C. The van der Waals surface area contributed by atoms with Crippen LogP contribution in [0, 0.1) is 5.92 Å². The summed E-state index contributed by atoms with van der Waals surface area (Å²) in [6.45, 7) is 4.52. The molecule has 18 heavy (non-hydrogen) atoms. The Kier molecular flexibility index (Phi) is 3.13. The third kappa shape index (κ3) is 1.70. The predicted molar refractivity (Wildman–Crippen MR) is 72.1 cm³/mol. The van der Waals surface area contributed by atoms with E-state index in [0.29, 0.717) is 24.0 Å². The van der Waals surface area contributed by atoms with Crippen LogP contribution >= 0.6 is 0 Å². The monoisotopic (exact) mass is 250 g/mol. The molecule has 1 saturated heterocycles. The zero-order chi connectivity index (χ0) is 12.8. The molecule has 3 fully saturated rings. The zero-order valence-corrected chi connectivity index (χ0v) is 11.7. The van der Waals surface area contributed by atoms with Gasteiger partial charge in [0.1, 0.15) is 0 Å². The number of nitrogens with one attached hydrogen (secondary N) is 1. The van der Waals surface area contributed by atoms with Gasteiger partial charge in [0.2, 0.25) is 5.91 Å². The second-order valence-corrected chi connectivity index (χ2v) is 6.55. The van der Waals surface area contributed by atoms with Gasteiger partial charge in [-0.3, -0.25) is 10.1 Å². The van der Waals surface area contributed by atoms with Gasteiger partial charge < -0.3 is 4.90 Å². The maximum atomic E-state index is 12.9. The smallest absolute Gasteiger partial charge is 0.244 e. The number of hydrogen-bond acceptors (Lipinski definition) is 2.